The number of rotatable bonds is 2. The Kier molecular flexibility index (Phi) is 6.20. The van der Waals surface area contributed by atoms with Crippen molar-refractivity contribution in [3.8, 4) is 16.9 Å². The zero-order valence-electron chi connectivity index (χ0n) is 19.8. The van der Waals surface area contributed by atoms with Crippen molar-refractivity contribution in [2.24, 2.45) is 0 Å². The molecule has 0 aromatic heterocycles. The quantitative estimate of drug-likeness (QED) is 0.486. The molecule has 4 rings (SSSR count). The van der Waals surface area contributed by atoms with Crippen molar-refractivity contribution in [3.63, 3.8) is 0 Å². The molecule has 2 aromatic rings. The number of carbonyl (C=O) groups is 2. The van der Waals surface area contributed by atoms with E-state index in [4.69, 9.17) is 32.2 Å². The number of nitrogens with one attached hydrogen (secondary N) is 1. The molecule has 1 saturated heterocycles. The smallest absolute Gasteiger partial charge is 0.410 e. The molecule has 9 heteroatoms. The molecule has 0 radical (unpaired) electrons. The van der Waals surface area contributed by atoms with Gasteiger partial charge in [-0.05, 0) is 51.0 Å². The first kappa shape index (κ1) is 23.9. The monoisotopic (exact) mass is 484 g/mol. The summed E-state index contributed by atoms with van der Waals surface area (Å²) in [6, 6.07) is 6.78. The van der Waals surface area contributed by atoms with E-state index >= 15 is 0 Å². The minimum atomic E-state index is -0.599. The van der Waals surface area contributed by atoms with Gasteiger partial charge in [-0.3, -0.25) is 4.79 Å². The van der Waals surface area contributed by atoms with Crippen LogP contribution in [0.1, 0.15) is 42.3 Å². The first-order valence-corrected chi connectivity index (χ1v) is 11.5. The molecule has 3 N–H and O–H groups in total. The number of nitrogens with zero attached hydrogens (tertiary/aromatic N) is 2. The van der Waals surface area contributed by atoms with Crippen LogP contribution < -0.4 is 10.5 Å². The molecule has 2 aromatic carbocycles. The van der Waals surface area contributed by atoms with Gasteiger partial charge in [-0.2, -0.15) is 0 Å². The number of amides is 2. The lowest BCUT2D eigenvalue weighted by Crippen LogP contribution is -2.58. The third-order valence-electron chi connectivity index (χ3n) is 6.04. The Hall–Kier alpha value is -3.26. The maximum atomic E-state index is 13.4. The van der Waals surface area contributed by atoms with Gasteiger partial charge in [0.2, 0.25) is 0 Å². The van der Waals surface area contributed by atoms with Crippen molar-refractivity contribution < 1.29 is 19.1 Å². The summed E-state index contributed by atoms with van der Waals surface area (Å²) in [5.74, 6) is 0.117. The molecule has 0 saturated carbocycles. The Morgan fingerprint density at radius 3 is 2.62 bits per heavy atom. The molecular formula is C25H29ClN4O4. The number of piperazine rings is 1. The van der Waals surface area contributed by atoms with Gasteiger partial charge < -0.3 is 30.4 Å². The van der Waals surface area contributed by atoms with Crippen LogP contribution in [0.25, 0.3) is 11.1 Å². The van der Waals surface area contributed by atoms with Crippen LogP contribution in [0.5, 0.6) is 5.75 Å². The fourth-order valence-electron chi connectivity index (χ4n) is 4.41. The van der Waals surface area contributed by atoms with Gasteiger partial charge in [-0.15, -0.1) is 0 Å². The molecule has 2 aliphatic heterocycles. The first-order chi connectivity index (χ1) is 16.0. The molecule has 0 spiro atoms. The normalized spacial score (nSPS) is 17.9. The van der Waals surface area contributed by atoms with Crippen LogP contribution in [-0.4, -0.2) is 65.9 Å². The standard InChI is InChI=1S/C25H29ClN4O4/c1-14-5-8-19(28)18(11-27)20(14)16-6-7-17-22(21(16)26)33-13-15-12-29(9-10-30(15)23(17)31)24(32)34-25(2,3)4/h5-8,11,15,27H,9-10,12-13,28H2,1-4H3/t15-/m0/s1. The van der Waals surface area contributed by atoms with Gasteiger partial charge in [0, 0.05) is 42.7 Å². The number of nitrogens with two attached hydrogens (primary N) is 1. The van der Waals surface area contributed by atoms with Crippen LogP contribution in [0.4, 0.5) is 10.5 Å². The van der Waals surface area contributed by atoms with Gasteiger partial charge in [-0.25, -0.2) is 4.79 Å². The van der Waals surface area contributed by atoms with Crippen LogP contribution in [-0.2, 0) is 4.74 Å². The maximum absolute atomic E-state index is 13.4. The van der Waals surface area contributed by atoms with Gasteiger partial charge in [0.05, 0.1) is 16.6 Å². The summed E-state index contributed by atoms with van der Waals surface area (Å²) in [5.41, 5.74) is 9.19. The van der Waals surface area contributed by atoms with Gasteiger partial charge >= 0.3 is 6.09 Å². The summed E-state index contributed by atoms with van der Waals surface area (Å²) in [5, 5.41) is 8.13. The number of nitrogen functional groups attached to an aromatic ring is 1. The number of carbonyl (C=O) groups excluding carboxylic acids is 2. The van der Waals surface area contributed by atoms with Crippen molar-refractivity contribution in [2.75, 3.05) is 32.0 Å². The highest BCUT2D eigenvalue weighted by atomic mass is 35.5. The molecule has 180 valence electrons. The highest BCUT2D eigenvalue weighted by Gasteiger charge is 2.39. The summed E-state index contributed by atoms with van der Waals surface area (Å²) in [6.45, 7) is 8.63. The van der Waals surface area contributed by atoms with Crippen LogP contribution in [0, 0.1) is 12.3 Å². The van der Waals surface area contributed by atoms with E-state index in [1.54, 1.807) is 28.0 Å². The minimum Gasteiger partial charge on any atom is -0.489 e. The summed E-state index contributed by atoms with van der Waals surface area (Å²) in [6.07, 6.45) is 0.801. The fraction of sp³-hybridized carbons (Fsp3) is 0.400. The zero-order valence-corrected chi connectivity index (χ0v) is 20.5. The van der Waals surface area contributed by atoms with E-state index in [9.17, 15) is 9.59 Å². The van der Waals surface area contributed by atoms with Crippen molar-refractivity contribution in [1.29, 1.82) is 5.41 Å². The molecule has 0 aliphatic carbocycles. The van der Waals surface area contributed by atoms with Crippen LogP contribution in [0.15, 0.2) is 24.3 Å². The van der Waals surface area contributed by atoms with E-state index in [1.807, 2.05) is 33.8 Å². The van der Waals surface area contributed by atoms with Gasteiger partial charge in [0.15, 0.2) is 5.75 Å². The topological polar surface area (TPSA) is 109 Å². The van der Waals surface area contributed by atoms with E-state index in [2.05, 4.69) is 0 Å². The van der Waals surface area contributed by atoms with Crippen molar-refractivity contribution in [3.05, 3.63) is 46.0 Å². The molecule has 1 fully saturated rings. The summed E-state index contributed by atoms with van der Waals surface area (Å²) in [7, 11) is 0. The Morgan fingerprint density at radius 1 is 1.24 bits per heavy atom. The fourth-order valence-corrected chi connectivity index (χ4v) is 4.72. The predicted molar refractivity (Wildman–Crippen MR) is 132 cm³/mol. The highest BCUT2D eigenvalue weighted by Crippen LogP contribution is 2.43. The zero-order chi connectivity index (χ0) is 24.8. The van der Waals surface area contributed by atoms with Crippen LogP contribution in [0.2, 0.25) is 5.02 Å². The Bertz CT molecular complexity index is 1170. The van der Waals surface area contributed by atoms with Gasteiger partial charge in [0.25, 0.3) is 5.91 Å². The lowest BCUT2D eigenvalue weighted by Gasteiger charge is -2.40. The maximum Gasteiger partial charge on any atom is 0.410 e. The molecule has 2 amide bonds. The van der Waals surface area contributed by atoms with Crippen molar-refractivity contribution >= 4 is 35.5 Å². The lowest BCUT2D eigenvalue weighted by atomic mass is 9.93. The Morgan fingerprint density at radius 2 is 1.94 bits per heavy atom. The van der Waals surface area contributed by atoms with Crippen molar-refractivity contribution in [2.45, 2.75) is 39.3 Å². The number of benzene rings is 2. The van der Waals surface area contributed by atoms with E-state index in [0.717, 1.165) is 11.1 Å². The van der Waals surface area contributed by atoms with Crippen LogP contribution in [0.3, 0.4) is 0 Å². The first-order valence-electron chi connectivity index (χ1n) is 11.2. The number of aryl methyl sites for hydroxylation is 1. The molecule has 0 unspecified atom stereocenters. The molecule has 8 nitrogen and oxygen atoms in total. The third-order valence-corrected chi connectivity index (χ3v) is 6.42. The third kappa shape index (κ3) is 4.30. The van der Waals surface area contributed by atoms with Crippen LogP contribution >= 0.6 is 11.6 Å². The second-order valence-electron chi connectivity index (χ2n) is 9.60. The number of hydrogen-bond donors (Lipinski definition) is 2. The number of ether oxygens (including phenoxy) is 2. The van der Waals surface area contributed by atoms with Gasteiger partial charge in [0.1, 0.15) is 12.2 Å². The lowest BCUT2D eigenvalue weighted by molar-refractivity contribution is 0.000953. The van der Waals surface area contributed by atoms with E-state index in [-0.39, 0.29) is 18.6 Å². The van der Waals surface area contributed by atoms with Gasteiger partial charge in [-0.1, -0.05) is 23.7 Å². The molecule has 1 atom stereocenters. The van der Waals surface area contributed by atoms with E-state index in [1.165, 1.54) is 6.21 Å². The molecule has 2 heterocycles. The molecule has 34 heavy (non-hydrogen) atoms. The van der Waals surface area contributed by atoms with E-state index < -0.39 is 11.7 Å². The second-order valence-corrected chi connectivity index (χ2v) is 9.98. The SMILES string of the molecule is Cc1ccc(N)c(C=N)c1-c1ccc2c(c1Cl)OC[C@@H]1CN(C(=O)OC(C)(C)C)CCN1C2=O. The molecule has 0 bridgehead atoms. The average molecular weight is 485 g/mol. The number of fused-ring (bicyclic) bond motifs is 2. The molecule has 2 aliphatic rings. The van der Waals surface area contributed by atoms with Crippen molar-refractivity contribution in [1.82, 2.24) is 9.80 Å². The Labute approximate surface area is 204 Å². The highest BCUT2D eigenvalue weighted by molar-refractivity contribution is 6.36. The Balaban J connectivity index is 1.67. The van der Waals surface area contributed by atoms with E-state index in [0.29, 0.717) is 52.8 Å². The number of anilines is 1. The predicted octanol–water partition coefficient (Wildman–Crippen LogP) is 4.35. The number of hydrogen-bond acceptors (Lipinski definition) is 6. The largest absolute Gasteiger partial charge is 0.489 e. The summed E-state index contributed by atoms with van der Waals surface area (Å²) < 4.78 is 11.6. The summed E-state index contributed by atoms with van der Waals surface area (Å²) >= 11 is 6.81. The minimum absolute atomic E-state index is 0.189. The summed E-state index contributed by atoms with van der Waals surface area (Å²) in [4.78, 5) is 29.3. The second kappa shape index (κ2) is 8.83. The average Bonchev–Trinajstić information content (AvgIpc) is 2.91. The number of halogens is 1. The molecular weight excluding hydrogens is 456 g/mol.